The number of benzene rings is 2. The highest BCUT2D eigenvalue weighted by molar-refractivity contribution is 7.92. The summed E-state index contributed by atoms with van der Waals surface area (Å²) < 4.78 is 53.9. The highest BCUT2D eigenvalue weighted by atomic mass is 32.2. The van der Waals surface area contributed by atoms with Gasteiger partial charge in [0.15, 0.2) is 12.5 Å². The largest absolute Gasteiger partial charge is 0.329 e. The second-order valence-electron chi connectivity index (χ2n) is 6.98. The van der Waals surface area contributed by atoms with Crippen molar-refractivity contribution in [3.05, 3.63) is 35.9 Å². The predicted octanol–water partition coefficient (Wildman–Crippen LogP) is 0.0677. The number of hydrogen-bond donors (Lipinski definition) is 4. The number of hydrogen-bond acceptors (Lipinski definition) is 10. The molecule has 0 spiro atoms. The number of H-pyrrole nitrogens is 1. The minimum absolute atomic E-state index is 0.00393. The third-order valence-electron chi connectivity index (χ3n) is 4.72. The van der Waals surface area contributed by atoms with Gasteiger partial charge in [-0.05, 0) is 24.6 Å². The van der Waals surface area contributed by atoms with Crippen LogP contribution in [-0.4, -0.2) is 57.3 Å². The maximum absolute atomic E-state index is 13.0. The molecule has 15 heteroatoms. The molecule has 32 heavy (non-hydrogen) atoms. The molecule has 2 heterocycles. The Labute approximate surface area is 183 Å². The summed E-state index contributed by atoms with van der Waals surface area (Å²) in [5, 5.41) is 23.9. The molecule has 1 aromatic heterocycles. The number of amidine groups is 1. The number of nitrogens with one attached hydrogen (secondary N) is 2. The second-order valence-corrected chi connectivity index (χ2v) is 10.2. The maximum atomic E-state index is 13.0. The normalized spacial score (nSPS) is 15.3. The highest BCUT2D eigenvalue weighted by Crippen LogP contribution is 2.37. The lowest BCUT2D eigenvalue weighted by atomic mass is 9.97. The van der Waals surface area contributed by atoms with Crippen molar-refractivity contribution in [1.29, 1.82) is 0 Å². The second kappa shape index (κ2) is 8.10. The fraction of sp³-hybridized carbons (Fsp3) is 0.235. The molecule has 0 saturated heterocycles. The number of fused-ring (bicyclic) bond motifs is 1. The molecule has 6 N–H and O–H groups in total. The van der Waals surface area contributed by atoms with E-state index in [0.29, 0.717) is 22.2 Å². The van der Waals surface area contributed by atoms with Gasteiger partial charge in [0.1, 0.15) is 20.8 Å². The molecule has 1 atom stereocenters. The number of aromatic amines is 1. The van der Waals surface area contributed by atoms with E-state index in [9.17, 15) is 16.8 Å². The van der Waals surface area contributed by atoms with Gasteiger partial charge in [-0.3, -0.25) is 0 Å². The zero-order valence-electron chi connectivity index (χ0n) is 16.7. The van der Waals surface area contributed by atoms with Gasteiger partial charge in [-0.25, -0.2) is 31.7 Å². The van der Waals surface area contributed by atoms with E-state index in [1.54, 1.807) is 25.1 Å². The number of rotatable bonds is 7. The zero-order chi connectivity index (χ0) is 23.1. The lowest BCUT2D eigenvalue weighted by Gasteiger charge is -2.18. The Bertz CT molecular complexity index is 1480. The first-order valence-corrected chi connectivity index (χ1v) is 12.3. The number of para-hydroxylation sites is 1. The Morgan fingerprint density at radius 3 is 2.56 bits per heavy atom. The lowest BCUT2D eigenvalue weighted by molar-refractivity contribution is 0.557. The van der Waals surface area contributed by atoms with Crippen molar-refractivity contribution in [2.24, 2.45) is 26.1 Å². The van der Waals surface area contributed by atoms with Crippen LogP contribution in [0.4, 0.5) is 0 Å². The number of aromatic nitrogens is 3. The summed E-state index contributed by atoms with van der Waals surface area (Å²) in [7, 11) is -8.89. The van der Waals surface area contributed by atoms with Crippen molar-refractivity contribution in [2.75, 3.05) is 13.2 Å². The summed E-state index contributed by atoms with van der Waals surface area (Å²) in [6, 6.07) is 7.07. The molecule has 0 fully saturated rings. The molecule has 3 aromatic rings. The van der Waals surface area contributed by atoms with Gasteiger partial charge in [0.05, 0.1) is 5.56 Å². The van der Waals surface area contributed by atoms with Crippen molar-refractivity contribution in [1.82, 2.24) is 20.1 Å². The van der Waals surface area contributed by atoms with Crippen LogP contribution in [0.15, 0.2) is 55.3 Å². The van der Waals surface area contributed by atoms with E-state index in [2.05, 4.69) is 35.4 Å². The van der Waals surface area contributed by atoms with Gasteiger partial charge in [-0.15, -0.1) is 5.11 Å². The first-order valence-electron chi connectivity index (χ1n) is 9.28. The molecule has 0 unspecified atom stereocenters. The molecule has 13 nitrogen and oxygen atoms in total. The van der Waals surface area contributed by atoms with Crippen molar-refractivity contribution in [3.8, 4) is 11.1 Å². The van der Waals surface area contributed by atoms with E-state index in [1.165, 1.54) is 6.07 Å². The molecular weight excluding hydrogens is 458 g/mol. The van der Waals surface area contributed by atoms with E-state index < -0.39 is 35.9 Å². The summed E-state index contributed by atoms with van der Waals surface area (Å²) in [6.07, 6.45) is 0. The van der Waals surface area contributed by atoms with Crippen LogP contribution in [0.5, 0.6) is 0 Å². The minimum Gasteiger partial charge on any atom is -0.329 e. The molecule has 0 radical (unpaired) electrons. The van der Waals surface area contributed by atoms with Crippen LogP contribution in [-0.2, 0) is 20.0 Å². The van der Waals surface area contributed by atoms with E-state index in [4.69, 9.17) is 10.9 Å². The van der Waals surface area contributed by atoms with Gasteiger partial charge in [0.25, 0.3) is 0 Å². The fourth-order valence-corrected chi connectivity index (χ4v) is 6.18. The number of nitrogens with two attached hydrogens (primary N) is 2. The summed E-state index contributed by atoms with van der Waals surface area (Å²) >= 11 is 0. The standard InChI is InChI=1S/C17H19N9O4S2/c1-9(7-18)25-32(29,30)13-6-5-10(11-3-2-4-12-15(11)23-26-22-12)14(16(13)31(19,27)28)17-20-8-21-24-17/h2-6,9,25H,7-8,18H2,1H3,(H2,19,27,28)(H,22,23,26)/t9-/m1/s1. The number of sulfonamides is 2. The quantitative estimate of drug-likeness (QED) is 0.367. The van der Waals surface area contributed by atoms with E-state index in [-0.39, 0.29) is 24.6 Å². The smallest absolute Gasteiger partial charge is 0.242 e. The Morgan fingerprint density at radius 2 is 1.91 bits per heavy atom. The zero-order valence-corrected chi connectivity index (χ0v) is 18.4. The van der Waals surface area contributed by atoms with Gasteiger partial charge in [0.2, 0.25) is 20.0 Å². The molecule has 0 bridgehead atoms. The molecule has 2 aromatic carbocycles. The lowest BCUT2D eigenvalue weighted by Crippen LogP contribution is -2.38. The van der Waals surface area contributed by atoms with Gasteiger partial charge >= 0.3 is 0 Å². The Hall–Kier alpha value is -3.11. The molecule has 168 valence electrons. The van der Waals surface area contributed by atoms with Gasteiger partial charge in [0, 0.05) is 18.2 Å². The minimum atomic E-state index is -4.57. The first kappa shape index (κ1) is 22.1. The molecule has 0 amide bonds. The average Bonchev–Trinajstić information content (AvgIpc) is 3.43. The first-order chi connectivity index (χ1) is 15.1. The number of aliphatic imine (C=N–C) groups is 1. The van der Waals surface area contributed by atoms with E-state index >= 15 is 0 Å². The summed E-state index contributed by atoms with van der Waals surface area (Å²) in [6.45, 7) is 1.51. The fourth-order valence-electron chi connectivity index (χ4n) is 3.32. The molecule has 0 saturated carbocycles. The van der Waals surface area contributed by atoms with E-state index in [1.807, 2.05) is 0 Å². The molecule has 1 aliphatic rings. The van der Waals surface area contributed by atoms with Crippen LogP contribution in [0, 0.1) is 0 Å². The maximum Gasteiger partial charge on any atom is 0.242 e. The Kier molecular flexibility index (Phi) is 5.59. The van der Waals surface area contributed by atoms with Crippen molar-refractivity contribution in [2.45, 2.75) is 22.8 Å². The van der Waals surface area contributed by atoms with Gasteiger partial charge in [-0.1, -0.05) is 18.2 Å². The molecule has 0 aliphatic carbocycles. The summed E-state index contributed by atoms with van der Waals surface area (Å²) in [5.74, 6) is -0.0616. The van der Waals surface area contributed by atoms with Crippen LogP contribution in [0.1, 0.15) is 12.5 Å². The van der Waals surface area contributed by atoms with E-state index in [0.717, 1.165) is 6.07 Å². The van der Waals surface area contributed by atoms with Crippen molar-refractivity contribution >= 4 is 36.9 Å². The third-order valence-corrected chi connectivity index (χ3v) is 7.47. The number of nitrogens with zero attached hydrogens (tertiary/aromatic N) is 5. The predicted molar refractivity (Wildman–Crippen MR) is 116 cm³/mol. The molecule has 1 aliphatic heterocycles. The topological polar surface area (TPSA) is 211 Å². The van der Waals surface area contributed by atoms with Crippen LogP contribution in [0.2, 0.25) is 0 Å². The SMILES string of the molecule is C[C@H](CN)NS(=O)(=O)c1ccc(-c2cccc3n[nH]nc23)c(C2=NCN=N2)c1S(N)(=O)=O. The third kappa shape index (κ3) is 3.91. The highest BCUT2D eigenvalue weighted by Gasteiger charge is 2.33. The average molecular weight is 478 g/mol. The Balaban J connectivity index is 2.10. The summed E-state index contributed by atoms with van der Waals surface area (Å²) in [4.78, 5) is 2.93. The van der Waals surface area contributed by atoms with Crippen LogP contribution in [0.3, 0.4) is 0 Å². The molecule has 4 rings (SSSR count). The van der Waals surface area contributed by atoms with Crippen molar-refractivity contribution < 1.29 is 16.8 Å². The monoisotopic (exact) mass is 477 g/mol. The van der Waals surface area contributed by atoms with Crippen LogP contribution < -0.4 is 15.6 Å². The number of azo groups is 1. The van der Waals surface area contributed by atoms with Crippen LogP contribution in [0.25, 0.3) is 22.2 Å². The van der Waals surface area contributed by atoms with Crippen LogP contribution >= 0.6 is 0 Å². The van der Waals surface area contributed by atoms with Crippen molar-refractivity contribution in [3.63, 3.8) is 0 Å². The van der Waals surface area contributed by atoms with Gasteiger partial charge in [-0.2, -0.15) is 20.5 Å². The van der Waals surface area contributed by atoms with Gasteiger partial charge < -0.3 is 5.73 Å². The number of primary sulfonamides is 1. The summed E-state index contributed by atoms with van der Waals surface area (Å²) in [5.41, 5.74) is 7.18. The Morgan fingerprint density at radius 1 is 1.12 bits per heavy atom. The molecular formula is C17H19N9O4S2.